The van der Waals surface area contributed by atoms with Crippen molar-refractivity contribution in [1.82, 2.24) is 0 Å². The molecule has 1 rings (SSSR count). The minimum absolute atomic E-state index is 0.782. The van der Waals surface area contributed by atoms with Gasteiger partial charge in [0.15, 0.2) is 0 Å². The van der Waals surface area contributed by atoms with Crippen LogP contribution in [-0.4, -0.2) is 6.21 Å². The van der Waals surface area contributed by atoms with Crippen LogP contribution in [0.1, 0.15) is 53.4 Å². The standard InChI is InChI=1S/C12H19N.C2H6/c1-3-5-11(6-4-2)9-13-10-12-7-8-12;1-2/h3,5,9-10,12H,4,6-8H2,1-2H3;1-2H3/b5-3-,11-9+,13-10?;. The summed E-state index contributed by atoms with van der Waals surface area (Å²) in [6, 6.07) is 0. The van der Waals surface area contributed by atoms with Crippen LogP contribution in [0.25, 0.3) is 0 Å². The molecule has 1 aliphatic carbocycles. The van der Waals surface area contributed by atoms with E-state index in [-0.39, 0.29) is 0 Å². The first-order valence-corrected chi connectivity index (χ1v) is 6.21. The van der Waals surface area contributed by atoms with Gasteiger partial charge in [-0.2, -0.15) is 0 Å². The molecule has 0 aromatic heterocycles. The molecule has 1 heteroatoms. The first-order chi connectivity index (χ1) is 7.36. The Kier molecular flexibility index (Phi) is 9.15. The molecule has 1 nitrogen and oxygen atoms in total. The van der Waals surface area contributed by atoms with Gasteiger partial charge in [-0.1, -0.05) is 39.3 Å². The fourth-order valence-electron chi connectivity index (χ4n) is 1.20. The quantitative estimate of drug-likeness (QED) is 0.455. The minimum atomic E-state index is 0.782. The Morgan fingerprint density at radius 1 is 1.33 bits per heavy atom. The summed E-state index contributed by atoms with van der Waals surface area (Å²) in [5.41, 5.74) is 1.34. The number of hydrogen-bond acceptors (Lipinski definition) is 1. The monoisotopic (exact) mass is 207 g/mol. The second-order valence-corrected chi connectivity index (χ2v) is 3.59. The van der Waals surface area contributed by atoms with Crippen LogP contribution in [0.5, 0.6) is 0 Å². The van der Waals surface area contributed by atoms with E-state index in [1.165, 1.54) is 24.8 Å². The average molecular weight is 207 g/mol. The molecule has 0 atom stereocenters. The Labute approximate surface area is 95.0 Å². The van der Waals surface area contributed by atoms with Gasteiger partial charge in [-0.3, -0.25) is 4.99 Å². The van der Waals surface area contributed by atoms with Crippen molar-refractivity contribution in [3.8, 4) is 0 Å². The predicted molar refractivity (Wildman–Crippen MR) is 70.4 cm³/mol. The molecule has 0 aromatic carbocycles. The van der Waals surface area contributed by atoms with Crippen LogP contribution in [0.15, 0.2) is 28.9 Å². The number of hydrogen-bond donors (Lipinski definition) is 0. The van der Waals surface area contributed by atoms with E-state index in [0.717, 1.165) is 12.3 Å². The molecule has 1 aliphatic rings. The van der Waals surface area contributed by atoms with Gasteiger partial charge in [-0.25, -0.2) is 0 Å². The van der Waals surface area contributed by atoms with Crippen LogP contribution in [-0.2, 0) is 0 Å². The molecule has 86 valence electrons. The molecule has 0 N–H and O–H groups in total. The molecular weight excluding hydrogens is 182 g/mol. The molecule has 0 spiro atoms. The maximum atomic E-state index is 4.33. The molecule has 0 aromatic rings. The molecule has 0 bridgehead atoms. The van der Waals surface area contributed by atoms with E-state index in [0.29, 0.717) is 0 Å². The maximum Gasteiger partial charge on any atom is 0.0295 e. The Bertz CT molecular complexity index is 219. The molecule has 1 fully saturated rings. The minimum Gasteiger partial charge on any atom is -0.269 e. The molecule has 0 radical (unpaired) electrons. The van der Waals surface area contributed by atoms with E-state index in [2.05, 4.69) is 30.3 Å². The van der Waals surface area contributed by atoms with E-state index in [4.69, 9.17) is 0 Å². The lowest BCUT2D eigenvalue weighted by Crippen LogP contribution is -1.78. The number of aliphatic imine (C=N–C) groups is 1. The van der Waals surface area contributed by atoms with E-state index in [9.17, 15) is 0 Å². The van der Waals surface area contributed by atoms with Gasteiger partial charge in [-0.05, 0) is 37.7 Å². The number of allylic oxidation sites excluding steroid dienone is 3. The fraction of sp³-hybridized carbons (Fsp3) is 0.643. The van der Waals surface area contributed by atoms with E-state index in [1.54, 1.807) is 0 Å². The molecule has 0 unspecified atom stereocenters. The van der Waals surface area contributed by atoms with E-state index >= 15 is 0 Å². The Morgan fingerprint density at radius 2 is 2.00 bits per heavy atom. The molecular formula is C14H25N. The first-order valence-electron chi connectivity index (χ1n) is 6.21. The summed E-state index contributed by atoms with van der Waals surface area (Å²) in [7, 11) is 0. The molecule has 1 saturated carbocycles. The average Bonchev–Trinajstić information content (AvgIpc) is 3.05. The third kappa shape index (κ3) is 8.17. The van der Waals surface area contributed by atoms with Crippen molar-refractivity contribution in [2.75, 3.05) is 0 Å². The van der Waals surface area contributed by atoms with Gasteiger partial charge in [0.05, 0.1) is 0 Å². The van der Waals surface area contributed by atoms with Gasteiger partial charge >= 0.3 is 0 Å². The van der Waals surface area contributed by atoms with Crippen molar-refractivity contribution >= 4 is 6.21 Å². The highest BCUT2D eigenvalue weighted by Gasteiger charge is 2.17. The summed E-state index contributed by atoms with van der Waals surface area (Å²) >= 11 is 0. The summed E-state index contributed by atoms with van der Waals surface area (Å²) in [5, 5.41) is 0. The topological polar surface area (TPSA) is 12.4 Å². The highest BCUT2D eigenvalue weighted by atomic mass is 14.7. The summed E-state index contributed by atoms with van der Waals surface area (Å²) < 4.78 is 0. The van der Waals surface area contributed by atoms with E-state index in [1.807, 2.05) is 27.0 Å². The van der Waals surface area contributed by atoms with E-state index < -0.39 is 0 Å². The molecule has 0 heterocycles. The summed E-state index contributed by atoms with van der Waals surface area (Å²) in [6.07, 6.45) is 13.3. The lowest BCUT2D eigenvalue weighted by Gasteiger charge is -1.95. The Balaban J connectivity index is 0.000000921. The van der Waals surface area contributed by atoms with Crippen molar-refractivity contribution in [3.05, 3.63) is 23.9 Å². The second-order valence-electron chi connectivity index (χ2n) is 3.59. The molecule has 15 heavy (non-hydrogen) atoms. The van der Waals surface area contributed by atoms with Crippen molar-refractivity contribution in [1.29, 1.82) is 0 Å². The van der Waals surface area contributed by atoms with Gasteiger partial charge in [-0.15, -0.1) is 0 Å². The van der Waals surface area contributed by atoms with Gasteiger partial charge in [0.2, 0.25) is 0 Å². The molecule has 0 saturated heterocycles. The third-order valence-corrected chi connectivity index (χ3v) is 2.08. The van der Waals surface area contributed by atoms with Gasteiger partial charge in [0.1, 0.15) is 0 Å². The lowest BCUT2D eigenvalue weighted by atomic mass is 10.1. The Hall–Kier alpha value is -0.850. The third-order valence-electron chi connectivity index (χ3n) is 2.08. The highest BCUT2D eigenvalue weighted by molar-refractivity contribution is 5.64. The van der Waals surface area contributed by atoms with Gasteiger partial charge < -0.3 is 0 Å². The Morgan fingerprint density at radius 3 is 2.47 bits per heavy atom. The van der Waals surface area contributed by atoms with Crippen LogP contribution in [0.2, 0.25) is 0 Å². The zero-order valence-electron chi connectivity index (χ0n) is 10.7. The molecule has 0 amide bonds. The maximum absolute atomic E-state index is 4.33. The summed E-state index contributed by atoms with van der Waals surface area (Å²) in [5.74, 6) is 0.782. The lowest BCUT2D eigenvalue weighted by molar-refractivity contribution is 0.922. The van der Waals surface area contributed by atoms with Crippen LogP contribution in [0.4, 0.5) is 0 Å². The van der Waals surface area contributed by atoms with Crippen molar-refractivity contribution < 1.29 is 0 Å². The fourth-order valence-corrected chi connectivity index (χ4v) is 1.20. The second kappa shape index (κ2) is 9.70. The predicted octanol–water partition coefficient (Wildman–Crippen LogP) is 4.75. The summed E-state index contributed by atoms with van der Waals surface area (Å²) in [6.45, 7) is 8.25. The van der Waals surface area contributed by atoms with Crippen LogP contribution >= 0.6 is 0 Å². The zero-order chi connectivity index (χ0) is 11.5. The van der Waals surface area contributed by atoms with Gasteiger partial charge in [0.25, 0.3) is 0 Å². The largest absolute Gasteiger partial charge is 0.269 e. The highest BCUT2D eigenvalue weighted by Crippen LogP contribution is 2.26. The van der Waals surface area contributed by atoms with Crippen LogP contribution in [0, 0.1) is 5.92 Å². The van der Waals surface area contributed by atoms with Crippen molar-refractivity contribution in [2.45, 2.75) is 53.4 Å². The SMILES string of the molecule is C/C=C\C(=C/N=CC1CC1)CCC.CC. The van der Waals surface area contributed by atoms with Crippen molar-refractivity contribution in [2.24, 2.45) is 10.9 Å². The normalized spacial score (nSPS) is 16.9. The van der Waals surface area contributed by atoms with Crippen LogP contribution < -0.4 is 0 Å². The smallest absolute Gasteiger partial charge is 0.0295 e. The van der Waals surface area contributed by atoms with Crippen molar-refractivity contribution in [3.63, 3.8) is 0 Å². The number of nitrogens with zero attached hydrogens (tertiary/aromatic N) is 1. The summed E-state index contributed by atoms with van der Waals surface area (Å²) in [4.78, 5) is 4.33. The zero-order valence-corrected chi connectivity index (χ0v) is 10.7. The van der Waals surface area contributed by atoms with Crippen LogP contribution in [0.3, 0.4) is 0 Å². The first kappa shape index (κ1) is 14.2. The number of rotatable bonds is 5. The molecule has 0 aliphatic heterocycles. The van der Waals surface area contributed by atoms with Gasteiger partial charge in [0, 0.05) is 12.4 Å².